The number of nitrogens with two attached hydrogens (primary N) is 2. The molecule has 12 heteroatoms. The lowest BCUT2D eigenvalue weighted by Crippen LogP contribution is -2.51. The largest absolute Gasteiger partial charge is 0.394 e. The number of thiol groups is 1. The third-order valence-electron chi connectivity index (χ3n) is 3.72. The Morgan fingerprint density at radius 1 is 1.19 bits per heavy atom. The lowest BCUT2D eigenvalue weighted by molar-refractivity contribution is -0.128. The van der Waals surface area contributed by atoms with E-state index in [1.165, 1.54) is 27.3 Å². The molecule has 1 aliphatic rings. The molecule has 2 rings (SSSR count). The van der Waals surface area contributed by atoms with Crippen LogP contribution in [0.4, 0.5) is 10.1 Å². The number of hydrogen-bond acceptors (Lipinski definition) is 7. The number of rotatable bonds is 5. The number of nitrogens with one attached hydrogen (secondary N) is 1. The second-order valence-corrected chi connectivity index (χ2v) is 6.60. The highest BCUT2D eigenvalue weighted by Gasteiger charge is 2.26. The molecular weight excluding hydrogens is 385 g/mol. The molecule has 26 heavy (non-hydrogen) atoms. The van der Waals surface area contributed by atoms with Gasteiger partial charge < -0.3 is 15.5 Å². The first-order valence-corrected chi connectivity index (χ1v) is 9.56. The molecule has 1 aromatic rings. The van der Waals surface area contributed by atoms with Crippen LogP contribution in [0.25, 0.3) is 0 Å². The van der Waals surface area contributed by atoms with E-state index in [2.05, 4.69) is 0 Å². The summed E-state index contributed by atoms with van der Waals surface area (Å²) in [4.78, 5) is 27.5. The van der Waals surface area contributed by atoms with Gasteiger partial charge in [0.25, 0.3) is 11.8 Å². The van der Waals surface area contributed by atoms with Crippen LogP contribution in [-0.2, 0) is 15.7 Å². The molecule has 1 aliphatic heterocycles. The van der Waals surface area contributed by atoms with Gasteiger partial charge in [-0.3, -0.25) is 19.5 Å². The van der Waals surface area contributed by atoms with E-state index >= 15 is 0 Å². The van der Waals surface area contributed by atoms with Crippen LogP contribution in [0.3, 0.4) is 0 Å². The SMILES string of the molecule is NS/C=C(\N)C(=O)N1CCN(C(=O)c2ccc(N[SH](=O)=O)c(F)c2)CC1. The minimum atomic E-state index is -3.00. The molecule has 0 bridgehead atoms. The fraction of sp³-hybridized carbons (Fsp3) is 0.286. The average Bonchev–Trinajstić information content (AvgIpc) is 2.62. The lowest BCUT2D eigenvalue weighted by atomic mass is 10.1. The summed E-state index contributed by atoms with van der Waals surface area (Å²) < 4.78 is 37.0. The van der Waals surface area contributed by atoms with Crippen LogP contribution in [0, 0.1) is 5.82 Å². The molecule has 1 fully saturated rings. The number of nitrogens with zero attached hydrogens (tertiary/aromatic N) is 2. The van der Waals surface area contributed by atoms with Crippen molar-refractivity contribution in [2.24, 2.45) is 10.9 Å². The van der Waals surface area contributed by atoms with Gasteiger partial charge in [0.2, 0.25) is 10.9 Å². The summed E-state index contributed by atoms with van der Waals surface area (Å²) in [5.74, 6) is -1.61. The zero-order valence-corrected chi connectivity index (χ0v) is 15.3. The van der Waals surface area contributed by atoms with E-state index in [-0.39, 0.29) is 49.0 Å². The van der Waals surface area contributed by atoms with Gasteiger partial charge in [0.05, 0.1) is 5.69 Å². The van der Waals surface area contributed by atoms with Gasteiger partial charge in [0.15, 0.2) is 0 Å². The Morgan fingerprint density at radius 3 is 2.35 bits per heavy atom. The second kappa shape index (κ2) is 8.87. The van der Waals surface area contributed by atoms with E-state index in [0.29, 0.717) is 0 Å². The first kappa shape index (κ1) is 20.0. The normalized spacial score (nSPS) is 15.3. The molecule has 0 aliphatic carbocycles. The van der Waals surface area contributed by atoms with Crippen molar-refractivity contribution in [2.75, 3.05) is 30.9 Å². The van der Waals surface area contributed by atoms with E-state index in [4.69, 9.17) is 10.9 Å². The van der Waals surface area contributed by atoms with Crippen LogP contribution in [-0.4, -0.2) is 56.2 Å². The van der Waals surface area contributed by atoms with Crippen molar-refractivity contribution in [1.82, 2.24) is 9.80 Å². The van der Waals surface area contributed by atoms with Crippen molar-refractivity contribution in [3.63, 3.8) is 0 Å². The van der Waals surface area contributed by atoms with Crippen LogP contribution in [0.15, 0.2) is 29.3 Å². The molecule has 1 heterocycles. The summed E-state index contributed by atoms with van der Waals surface area (Å²) >= 11 is 0.833. The molecule has 0 saturated carbocycles. The van der Waals surface area contributed by atoms with E-state index in [1.54, 1.807) is 0 Å². The third-order valence-corrected chi connectivity index (χ3v) is 4.54. The predicted octanol–water partition coefficient (Wildman–Crippen LogP) is -0.545. The van der Waals surface area contributed by atoms with Crippen LogP contribution in [0.5, 0.6) is 0 Å². The molecule has 9 nitrogen and oxygen atoms in total. The summed E-state index contributed by atoms with van der Waals surface area (Å²) in [5.41, 5.74) is 5.50. The van der Waals surface area contributed by atoms with Crippen LogP contribution < -0.4 is 15.6 Å². The first-order chi connectivity index (χ1) is 12.3. The summed E-state index contributed by atoms with van der Waals surface area (Å²) in [5, 5.41) is 6.58. The van der Waals surface area contributed by atoms with Gasteiger partial charge in [0, 0.05) is 37.2 Å². The molecular formula is C14H18FN5O4S2. The number of amides is 2. The van der Waals surface area contributed by atoms with E-state index < -0.39 is 22.6 Å². The Morgan fingerprint density at radius 2 is 1.81 bits per heavy atom. The molecule has 0 spiro atoms. The highest BCUT2D eigenvalue weighted by Crippen LogP contribution is 2.18. The Bertz CT molecular complexity index is 799. The Kier molecular flexibility index (Phi) is 6.83. The zero-order chi connectivity index (χ0) is 19.3. The molecule has 1 aromatic carbocycles. The number of anilines is 1. The van der Waals surface area contributed by atoms with Gasteiger partial charge >= 0.3 is 0 Å². The topological polar surface area (TPSA) is 139 Å². The van der Waals surface area contributed by atoms with Gasteiger partial charge in [0.1, 0.15) is 11.5 Å². The maximum atomic E-state index is 13.9. The van der Waals surface area contributed by atoms with Crippen molar-refractivity contribution < 1.29 is 22.4 Å². The van der Waals surface area contributed by atoms with E-state index in [0.717, 1.165) is 18.0 Å². The zero-order valence-electron chi connectivity index (χ0n) is 13.6. The second-order valence-electron chi connectivity index (χ2n) is 5.36. The van der Waals surface area contributed by atoms with Crippen molar-refractivity contribution in [2.45, 2.75) is 0 Å². The standard InChI is InChI=1S/C14H18FN5O4S2/c15-10-7-9(1-2-12(10)18-26(23)24)13(21)19-3-5-20(6-4-19)14(22)11(16)8-25-17/h1-2,7-8,26H,3-6,16-17H2,(H,18,23,24)/b11-8-. The smallest absolute Gasteiger partial charge is 0.270 e. The molecule has 0 unspecified atom stereocenters. The molecule has 142 valence electrons. The summed E-state index contributed by atoms with van der Waals surface area (Å²) in [6, 6.07) is 3.49. The van der Waals surface area contributed by atoms with E-state index in [9.17, 15) is 22.4 Å². The summed E-state index contributed by atoms with van der Waals surface area (Å²) in [7, 11) is -3.00. The average molecular weight is 403 g/mol. The predicted molar refractivity (Wildman–Crippen MR) is 96.9 cm³/mol. The van der Waals surface area contributed by atoms with Crippen molar-refractivity contribution in [1.29, 1.82) is 0 Å². The molecule has 0 atom stereocenters. The van der Waals surface area contributed by atoms with Crippen molar-refractivity contribution in [3.05, 3.63) is 40.7 Å². The first-order valence-electron chi connectivity index (χ1n) is 7.43. The van der Waals surface area contributed by atoms with Gasteiger partial charge in [-0.1, -0.05) is 11.9 Å². The molecule has 5 N–H and O–H groups in total. The van der Waals surface area contributed by atoms with Gasteiger partial charge in [-0.25, -0.2) is 12.8 Å². The monoisotopic (exact) mass is 403 g/mol. The Balaban J connectivity index is 2.01. The van der Waals surface area contributed by atoms with Crippen molar-refractivity contribution >= 4 is 40.3 Å². The maximum Gasteiger partial charge on any atom is 0.270 e. The van der Waals surface area contributed by atoms with Crippen LogP contribution >= 0.6 is 11.9 Å². The van der Waals surface area contributed by atoms with Crippen LogP contribution in [0.2, 0.25) is 0 Å². The summed E-state index contributed by atoms with van der Waals surface area (Å²) in [6.07, 6.45) is 0. The van der Waals surface area contributed by atoms with E-state index in [1.807, 2.05) is 4.72 Å². The summed E-state index contributed by atoms with van der Waals surface area (Å²) in [6.45, 7) is 1.10. The lowest BCUT2D eigenvalue weighted by Gasteiger charge is -2.34. The Hall–Kier alpha value is -2.31. The number of carbonyl (C=O) groups is 2. The van der Waals surface area contributed by atoms with Crippen molar-refractivity contribution in [3.8, 4) is 0 Å². The minimum absolute atomic E-state index is 0.0270. The molecule has 2 amide bonds. The van der Waals surface area contributed by atoms with Crippen LogP contribution in [0.1, 0.15) is 10.4 Å². The Labute approximate surface area is 155 Å². The number of halogens is 1. The van der Waals surface area contributed by atoms with Gasteiger partial charge in [-0.05, 0) is 18.2 Å². The number of carbonyl (C=O) groups excluding carboxylic acids is 2. The molecule has 1 saturated heterocycles. The van der Waals surface area contributed by atoms with Gasteiger partial charge in [-0.15, -0.1) is 0 Å². The minimum Gasteiger partial charge on any atom is -0.394 e. The molecule has 0 radical (unpaired) electrons. The van der Waals surface area contributed by atoms with Gasteiger partial charge in [-0.2, -0.15) is 0 Å². The quantitative estimate of drug-likeness (QED) is 0.294. The fourth-order valence-corrected chi connectivity index (χ4v) is 3.06. The number of benzene rings is 1. The highest BCUT2D eigenvalue weighted by atomic mass is 32.2. The number of hydrogen-bond donors (Lipinski definition) is 4. The third kappa shape index (κ3) is 4.86. The maximum absolute atomic E-state index is 13.9. The fourth-order valence-electron chi connectivity index (χ4n) is 2.44. The highest BCUT2D eigenvalue weighted by molar-refractivity contribution is 8.00. The molecule has 0 aromatic heterocycles. The number of piperazine rings is 1.